The van der Waals surface area contributed by atoms with E-state index in [0.717, 1.165) is 32.1 Å². The summed E-state index contributed by atoms with van der Waals surface area (Å²) in [6.45, 7) is 4.31. The fourth-order valence-electron chi connectivity index (χ4n) is 3.41. The Labute approximate surface area is 176 Å². The number of carboxylic acids is 2. The Hall–Kier alpha value is -0.294. The smallest absolute Gasteiger partial charge is 0.321 e. The van der Waals surface area contributed by atoms with Gasteiger partial charge in [0.1, 0.15) is 0 Å². The van der Waals surface area contributed by atoms with Crippen LogP contribution in [-0.2, 0) is 9.59 Å². The summed E-state index contributed by atoms with van der Waals surface area (Å²) in [4.78, 5) is 23.3. The van der Waals surface area contributed by atoms with E-state index in [-0.39, 0.29) is 35.9 Å². The monoisotopic (exact) mass is 382 g/mol. The molecule has 0 saturated heterocycles. The highest BCUT2D eigenvalue weighted by Crippen LogP contribution is 2.33. The summed E-state index contributed by atoms with van der Waals surface area (Å²) in [6.07, 6.45) is 15.9. The predicted octanol–water partition coefficient (Wildman–Crippen LogP) is 5.51. The highest BCUT2D eigenvalue weighted by molar-refractivity contribution is 5.98. The second kappa shape index (κ2) is 18.1. The minimum absolute atomic E-state index is 0. The minimum Gasteiger partial charge on any atom is -0.480 e. The molecule has 0 unspecified atom stereocenters. The standard InChI is InChI=1S/C21H40O4.Mg.2H/c1-3-5-7-9-10-11-12-13-14-16-18-21(19(22)23,20(24)25)17-15-8-6-4-2;;;/h3-18H2,1-2H3,(H,22,23)(H,24,25);;;. The van der Waals surface area contributed by atoms with Crippen molar-refractivity contribution in [1.82, 2.24) is 0 Å². The molecule has 0 spiro atoms. The number of hydrogen-bond acceptors (Lipinski definition) is 2. The molecule has 4 nitrogen and oxygen atoms in total. The van der Waals surface area contributed by atoms with Crippen LogP contribution in [0.4, 0.5) is 0 Å². The molecule has 2 N–H and O–H groups in total. The molecule has 0 heterocycles. The van der Waals surface area contributed by atoms with Crippen molar-refractivity contribution in [1.29, 1.82) is 0 Å². The quantitative estimate of drug-likeness (QED) is 0.186. The molecule has 0 bridgehead atoms. The van der Waals surface area contributed by atoms with E-state index in [9.17, 15) is 19.8 Å². The van der Waals surface area contributed by atoms with Crippen LogP contribution < -0.4 is 0 Å². The van der Waals surface area contributed by atoms with Gasteiger partial charge >= 0.3 is 35.0 Å². The van der Waals surface area contributed by atoms with E-state index in [0.29, 0.717) is 12.8 Å². The van der Waals surface area contributed by atoms with Crippen LogP contribution in [0.25, 0.3) is 0 Å². The second-order valence-corrected chi connectivity index (χ2v) is 7.44. The Balaban J connectivity index is 0. The van der Waals surface area contributed by atoms with Crippen molar-refractivity contribution in [2.24, 2.45) is 5.41 Å². The molecular weight excluding hydrogens is 341 g/mol. The van der Waals surface area contributed by atoms with Crippen molar-refractivity contribution in [3.8, 4) is 0 Å². The first-order valence-electron chi connectivity index (χ1n) is 10.5. The number of carboxylic acid groups (broad SMARTS) is 2. The molecule has 26 heavy (non-hydrogen) atoms. The summed E-state index contributed by atoms with van der Waals surface area (Å²) >= 11 is 0. The average Bonchev–Trinajstić information content (AvgIpc) is 2.57. The largest absolute Gasteiger partial charge is 0.480 e. The fourth-order valence-corrected chi connectivity index (χ4v) is 3.41. The van der Waals surface area contributed by atoms with Crippen molar-refractivity contribution < 1.29 is 19.8 Å². The van der Waals surface area contributed by atoms with Crippen LogP contribution in [0.3, 0.4) is 0 Å². The van der Waals surface area contributed by atoms with Crippen LogP contribution in [-0.4, -0.2) is 45.2 Å². The van der Waals surface area contributed by atoms with Gasteiger partial charge in [-0.3, -0.25) is 9.59 Å². The number of aliphatic carboxylic acids is 2. The van der Waals surface area contributed by atoms with Gasteiger partial charge in [-0.25, -0.2) is 0 Å². The van der Waals surface area contributed by atoms with Crippen molar-refractivity contribution in [2.75, 3.05) is 0 Å². The normalized spacial score (nSPS) is 11.2. The Morgan fingerprint density at radius 3 is 1.15 bits per heavy atom. The molecule has 0 saturated carbocycles. The molecule has 0 aromatic heterocycles. The second-order valence-electron chi connectivity index (χ2n) is 7.44. The van der Waals surface area contributed by atoms with Crippen LogP contribution in [0.2, 0.25) is 0 Å². The van der Waals surface area contributed by atoms with E-state index in [4.69, 9.17) is 0 Å². The number of unbranched alkanes of at least 4 members (excludes halogenated alkanes) is 12. The van der Waals surface area contributed by atoms with Gasteiger partial charge in [-0.2, -0.15) is 0 Å². The fraction of sp³-hybridized carbons (Fsp3) is 0.905. The van der Waals surface area contributed by atoms with Gasteiger partial charge in [-0.05, 0) is 12.8 Å². The van der Waals surface area contributed by atoms with E-state index in [1.54, 1.807) is 0 Å². The van der Waals surface area contributed by atoms with Gasteiger partial charge < -0.3 is 10.2 Å². The van der Waals surface area contributed by atoms with Gasteiger partial charge in [-0.1, -0.05) is 104 Å². The lowest BCUT2D eigenvalue weighted by atomic mass is 9.78. The minimum atomic E-state index is -1.58. The van der Waals surface area contributed by atoms with Gasteiger partial charge in [0.2, 0.25) is 0 Å². The van der Waals surface area contributed by atoms with Crippen molar-refractivity contribution in [3.63, 3.8) is 0 Å². The van der Waals surface area contributed by atoms with E-state index < -0.39 is 17.4 Å². The van der Waals surface area contributed by atoms with Crippen molar-refractivity contribution in [3.05, 3.63) is 0 Å². The molecule has 0 atom stereocenters. The van der Waals surface area contributed by atoms with Gasteiger partial charge in [0.15, 0.2) is 5.41 Å². The lowest BCUT2D eigenvalue weighted by molar-refractivity contribution is -0.166. The van der Waals surface area contributed by atoms with Crippen LogP contribution in [0, 0.1) is 5.41 Å². The van der Waals surface area contributed by atoms with Gasteiger partial charge in [-0.15, -0.1) is 0 Å². The third-order valence-corrected chi connectivity index (χ3v) is 5.23. The molecular formula is C21H42MgO4. The van der Waals surface area contributed by atoms with Crippen molar-refractivity contribution >= 4 is 35.0 Å². The SMILES string of the molecule is CCCCCCCCCCCCC(CCCCCC)(C(=O)O)C(=O)O.[MgH2]. The van der Waals surface area contributed by atoms with E-state index in [2.05, 4.69) is 13.8 Å². The number of hydrogen-bond donors (Lipinski definition) is 2. The summed E-state index contributed by atoms with van der Waals surface area (Å²) < 4.78 is 0. The molecule has 0 radical (unpaired) electrons. The topological polar surface area (TPSA) is 74.6 Å². The molecule has 152 valence electrons. The molecule has 0 aliphatic carbocycles. The van der Waals surface area contributed by atoms with Crippen LogP contribution in [0.1, 0.15) is 117 Å². The highest BCUT2D eigenvalue weighted by Gasteiger charge is 2.45. The predicted molar refractivity (Wildman–Crippen MR) is 111 cm³/mol. The maximum absolute atomic E-state index is 11.6. The van der Waals surface area contributed by atoms with Gasteiger partial charge in [0, 0.05) is 0 Å². The molecule has 0 rings (SSSR count). The Bertz CT molecular complexity index is 344. The number of carbonyl (C=O) groups is 2. The van der Waals surface area contributed by atoms with E-state index >= 15 is 0 Å². The summed E-state index contributed by atoms with van der Waals surface area (Å²) in [5.41, 5.74) is -1.58. The van der Waals surface area contributed by atoms with E-state index in [1.165, 1.54) is 44.9 Å². The summed E-state index contributed by atoms with van der Waals surface area (Å²) in [5.74, 6) is -2.32. The third-order valence-electron chi connectivity index (χ3n) is 5.23. The highest BCUT2D eigenvalue weighted by atomic mass is 24.3. The Morgan fingerprint density at radius 2 is 0.846 bits per heavy atom. The zero-order valence-corrected chi connectivity index (χ0v) is 16.5. The first kappa shape index (κ1) is 27.9. The first-order chi connectivity index (χ1) is 12.0. The zero-order valence-electron chi connectivity index (χ0n) is 16.5. The summed E-state index contributed by atoms with van der Waals surface area (Å²) in [7, 11) is 0. The molecule has 5 heteroatoms. The molecule has 0 aromatic carbocycles. The lowest BCUT2D eigenvalue weighted by Crippen LogP contribution is -2.39. The van der Waals surface area contributed by atoms with Gasteiger partial charge in [0.05, 0.1) is 0 Å². The summed E-state index contributed by atoms with van der Waals surface area (Å²) in [6, 6.07) is 0. The molecule has 0 aliphatic heterocycles. The molecule has 0 aromatic rings. The van der Waals surface area contributed by atoms with Crippen LogP contribution in [0.5, 0.6) is 0 Å². The maximum atomic E-state index is 11.6. The zero-order chi connectivity index (χ0) is 19.0. The van der Waals surface area contributed by atoms with Gasteiger partial charge in [0.25, 0.3) is 0 Å². The van der Waals surface area contributed by atoms with Crippen molar-refractivity contribution in [2.45, 2.75) is 117 Å². The first-order valence-corrected chi connectivity index (χ1v) is 10.5. The lowest BCUT2D eigenvalue weighted by Gasteiger charge is -2.25. The maximum Gasteiger partial charge on any atom is 0.321 e. The number of rotatable bonds is 18. The average molecular weight is 383 g/mol. The molecule has 0 amide bonds. The summed E-state index contributed by atoms with van der Waals surface area (Å²) in [5, 5.41) is 19.0. The Morgan fingerprint density at radius 1 is 0.577 bits per heavy atom. The van der Waals surface area contributed by atoms with E-state index in [1.807, 2.05) is 0 Å². The third kappa shape index (κ3) is 12.2. The van der Waals surface area contributed by atoms with Crippen LogP contribution in [0.15, 0.2) is 0 Å². The molecule has 0 fully saturated rings. The Kier molecular flexibility index (Phi) is 19.4. The van der Waals surface area contributed by atoms with Crippen LogP contribution >= 0.6 is 0 Å². The molecule has 0 aliphatic rings.